The van der Waals surface area contributed by atoms with Gasteiger partial charge in [0, 0.05) is 10.5 Å². The van der Waals surface area contributed by atoms with Gasteiger partial charge < -0.3 is 11.1 Å². The smallest absolute Gasteiger partial charge is 0.0360 e. The highest BCUT2D eigenvalue weighted by Gasteiger charge is 2.24. The summed E-state index contributed by atoms with van der Waals surface area (Å²) < 4.78 is 1.13. The molecule has 1 aromatic carbocycles. The second kappa shape index (κ2) is 5.10. The molecule has 3 N–H and O–H groups in total. The third-order valence-electron chi connectivity index (χ3n) is 3.12. The van der Waals surface area contributed by atoms with Crippen molar-refractivity contribution in [3.05, 3.63) is 34.3 Å². The van der Waals surface area contributed by atoms with E-state index in [-0.39, 0.29) is 0 Å². The van der Waals surface area contributed by atoms with Crippen molar-refractivity contribution in [3.8, 4) is 0 Å². The Morgan fingerprint density at radius 2 is 2.07 bits per heavy atom. The molecule has 0 unspecified atom stereocenters. The molecule has 0 aromatic heterocycles. The SMILES string of the molecule is NC[C@H]1CCCN[C@@H]1c1ccc(Br)cc1. The van der Waals surface area contributed by atoms with Gasteiger partial charge in [0.25, 0.3) is 0 Å². The van der Waals surface area contributed by atoms with Gasteiger partial charge >= 0.3 is 0 Å². The van der Waals surface area contributed by atoms with E-state index < -0.39 is 0 Å². The molecule has 3 heteroatoms. The van der Waals surface area contributed by atoms with Crippen LogP contribution in [0, 0.1) is 5.92 Å². The lowest BCUT2D eigenvalue weighted by molar-refractivity contribution is 0.291. The van der Waals surface area contributed by atoms with Crippen LogP contribution in [0.4, 0.5) is 0 Å². The molecule has 0 saturated carbocycles. The zero-order valence-corrected chi connectivity index (χ0v) is 10.3. The van der Waals surface area contributed by atoms with Crippen molar-refractivity contribution in [3.63, 3.8) is 0 Å². The standard InChI is InChI=1S/C12H17BrN2/c13-11-5-3-9(4-6-11)12-10(8-14)2-1-7-15-12/h3-6,10,12,15H,1-2,7-8,14H2/t10-,12-/m1/s1. The van der Waals surface area contributed by atoms with E-state index in [1.165, 1.54) is 18.4 Å². The summed E-state index contributed by atoms with van der Waals surface area (Å²) in [4.78, 5) is 0. The van der Waals surface area contributed by atoms with Crippen LogP contribution in [0.2, 0.25) is 0 Å². The van der Waals surface area contributed by atoms with Crippen LogP contribution in [-0.2, 0) is 0 Å². The van der Waals surface area contributed by atoms with E-state index in [1.807, 2.05) is 0 Å². The fourth-order valence-corrected chi connectivity index (χ4v) is 2.53. The molecular weight excluding hydrogens is 252 g/mol. The third-order valence-corrected chi connectivity index (χ3v) is 3.65. The molecule has 1 aliphatic heterocycles. The van der Waals surface area contributed by atoms with Crippen LogP contribution in [0.15, 0.2) is 28.7 Å². The number of nitrogens with one attached hydrogen (secondary N) is 1. The number of benzene rings is 1. The van der Waals surface area contributed by atoms with Gasteiger partial charge in [-0.25, -0.2) is 0 Å². The molecule has 0 amide bonds. The van der Waals surface area contributed by atoms with Crippen molar-refractivity contribution in [1.29, 1.82) is 0 Å². The topological polar surface area (TPSA) is 38.0 Å². The maximum atomic E-state index is 5.81. The third kappa shape index (κ3) is 2.60. The van der Waals surface area contributed by atoms with Crippen molar-refractivity contribution >= 4 is 15.9 Å². The van der Waals surface area contributed by atoms with Crippen molar-refractivity contribution in [2.45, 2.75) is 18.9 Å². The summed E-state index contributed by atoms with van der Waals surface area (Å²) in [5.41, 5.74) is 7.17. The fourth-order valence-electron chi connectivity index (χ4n) is 2.27. The highest BCUT2D eigenvalue weighted by atomic mass is 79.9. The molecule has 1 heterocycles. The highest BCUT2D eigenvalue weighted by molar-refractivity contribution is 9.10. The van der Waals surface area contributed by atoms with Crippen molar-refractivity contribution < 1.29 is 0 Å². The first-order valence-corrected chi connectivity index (χ1v) is 6.29. The quantitative estimate of drug-likeness (QED) is 0.865. The van der Waals surface area contributed by atoms with Gasteiger partial charge in [0.1, 0.15) is 0 Å². The van der Waals surface area contributed by atoms with Gasteiger partial charge in [-0.1, -0.05) is 28.1 Å². The molecule has 82 valence electrons. The maximum Gasteiger partial charge on any atom is 0.0360 e. The van der Waals surface area contributed by atoms with Gasteiger partial charge in [-0.3, -0.25) is 0 Å². The molecule has 2 atom stereocenters. The van der Waals surface area contributed by atoms with Crippen LogP contribution in [0.3, 0.4) is 0 Å². The normalized spacial score (nSPS) is 26.5. The van der Waals surface area contributed by atoms with E-state index in [0.29, 0.717) is 12.0 Å². The van der Waals surface area contributed by atoms with Crippen LogP contribution in [0.1, 0.15) is 24.4 Å². The summed E-state index contributed by atoms with van der Waals surface area (Å²) in [7, 11) is 0. The van der Waals surface area contributed by atoms with Gasteiger partial charge in [0.15, 0.2) is 0 Å². The van der Waals surface area contributed by atoms with Crippen molar-refractivity contribution in [2.24, 2.45) is 11.7 Å². The summed E-state index contributed by atoms with van der Waals surface area (Å²) in [6.45, 7) is 1.88. The number of piperidine rings is 1. The van der Waals surface area contributed by atoms with E-state index in [4.69, 9.17) is 5.73 Å². The minimum absolute atomic E-state index is 0.442. The van der Waals surface area contributed by atoms with Crippen molar-refractivity contribution in [1.82, 2.24) is 5.32 Å². The molecule has 1 aromatic rings. The average Bonchev–Trinajstić information content (AvgIpc) is 2.30. The van der Waals surface area contributed by atoms with Gasteiger partial charge in [-0.15, -0.1) is 0 Å². The molecule has 1 saturated heterocycles. The lowest BCUT2D eigenvalue weighted by Crippen LogP contribution is -2.37. The van der Waals surface area contributed by atoms with E-state index in [1.54, 1.807) is 0 Å². The van der Waals surface area contributed by atoms with Gasteiger partial charge in [0.05, 0.1) is 0 Å². The predicted octanol–water partition coefficient (Wildman–Crippen LogP) is 2.45. The first kappa shape index (κ1) is 11.1. The Morgan fingerprint density at radius 1 is 1.33 bits per heavy atom. The van der Waals surface area contributed by atoms with E-state index in [2.05, 4.69) is 45.5 Å². The first-order chi connectivity index (χ1) is 7.31. The Morgan fingerprint density at radius 3 is 2.73 bits per heavy atom. The molecule has 0 bridgehead atoms. The average molecular weight is 269 g/mol. The number of hydrogen-bond donors (Lipinski definition) is 2. The largest absolute Gasteiger partial charge is 0.330 e. The van der Waals surface area contributed by atoms with Crippen LogP contribution >= 0.6 is 15.9 Å². The monoisotopic (exact) mass is 268 g/mol. The molecule has 15 heavy (non-hydrogen) atoms. The van der Waals surface area contributed by atoms with Crippen molar-refractivity contribution in [2.75, 3.05) is 13.1 Å². The van der Waals surface area contributed by atoms with Crippen LogP contribution in [0.25, 0.3) is 0 Å². The van der Waals surface area contributed by atoms with E-state index in [9.17, 15) is 0 Å². The molecular formula is C12H17BrN2. The Balaban J connectivity index is 2.16. The van der Waals surface area contributed by atoms with Gasteiger partial charge in [-0.2, -0.15) is 0 Å². The predicted molar refractivity (Wildman–Crippen MR) is 66.7 cm³/mol. The zero-order valence-electron chi connectivity index (χ0n) is 8.75. The van der Waals surface area contributed by atoms with Crippen LogP contribution in [0.5, 0.6) is 0 Å². The minimum Gasteiger partial charge on any atom is -0.330 e. The summed E-state index contributed by atoms with van der Waals surface area (Å²) in [6.07, 6.45) is 2.49. The fraction of sp³-hybridized carbons (Fsp3) is 0.500. The van der Waals surface area contributed by atoms with E-state index in [0.717, 1.165) is 17.6 Å². The molecule has 0 radical (unpaired) electrons. The van der Waals surface area contributed by atoms with Gasteiger partial charge in [-0.05, 0) is 49.5 Å². The summed E-state index contributed by atoms with van der Waals surface area (Å²) >= 11 is 3.46. The molecule has 0 aliphatic carbocycles. The second-order valence-electron chi connectivity index (χ2n) is 4.12. The molecule has 1 fully saturated rings. The number of rotatable bonds is 2. The highest BCUT2D eigenvalue weighted by Crippen LogP contribution is 2.29. The lowest BCUT2D eigenvalue weighted by atomic mass is 9.86. The Labute approximate surface area is 99.4 Å². The van der Waals surface area contributed by atoms with Crippen LogP contribution in [-0.4, -0.2) is 13.1 Å². The molecule has 2 nitrogen and oxygen atoms in total. The molecule has 0 spiro atoms. The summed E-state index contributed by atoms with van der Waals surface area (Å²) in [5.74, 6) is 0.583. The molecule has 1 aliphatic rings. The lowest BCUT2D eigenvalue weighted by Gasteiger charge is -2.32. The summed E-state index contributed by atoms with van der Waals surface area (Å²) in [6, 6.07) is 8.99. The Kier molecular flexibility index (Phi) is 3.78. The Hall–Kier alpha value is -0.380. The van der Waals surface area contributed by atoms with Gasteiger partial charge in [0.2, 0.25) is 0 Å². The number of halogens is 1. The number of hydrogen-bond acceptors (Lipinski definition) is 2. The maximum absolute atomic E-state index is 5.81. The minimum atomic E-state index is 0.442. The zero-order chi connectivity index (χ0) is 10.7. The first-order valence-electron chi connectivity index (χ1n) is 5.50. The van der Waals surface area contributed by atoms with E-state index >= 15 is 0 Å². The Bertz CT molecular complexity index is 310. The van der Waals surface area contributed by atoms with Crippen LogP contribution < -0.4 is 11.1 Å². The second-order valence-corrected chi connectivity index (χ2v) is 5.04. The summed E-state index contributed by atoms with van der Waals surface area (Å²) in [5, 5.41) is 3.56. The molecule has 2 rings (SSSR count). The number of nitrogens with two attached hydrogens (primary N) is 1.